The molecule has 0 aliphatic carbocycles. The van der Waals surface area contributed by atoms with Gasteiger partial charge in [0.1, 0.15) is 0 Å². The minimum Gasteiger partial charge on any atom is -0.389 e. The lowest BCUT2D eigenvalue weighted by Gasteiger charge is -2.24. The molecule has 0 saturated carbocycles. The van der Waals surface area contributed by atoms with E-state index in [0.29, 0.717) is 13.1 Å². The van der Waals surface area contributed by atoms with Gasteiger partial charge in [-0.3, -0.25) is 9.58 Å². The van der Waals surface area contributed by atoms with Crippen LogP contribution in [0.5, 0.6) is 0 Å². The molecule has 0 aliphatic rings. The van der Waals surface area contributed by atoms with Crippen LogP contribution in [0.15, 0.2) is 6.20 Å². The lowest BCUT2D eigenvalue weighted by molar-refractivity contribution is 0.0421. The summed E-state index contributed by atoms with van der Waals surface area (Å²) in [6.45, 7) is 4.90. The summed E-state index contributed by atoms with van der Waals surface area (Å²) < 4.78 is 1.67. The SMILES string of the molecule is CN(Cc1cn(C)nn1)CC(C)(C)O. The molecule has 14 heavy (non-hydrogen) atoms. The van der Waals surface area contributed by atoms with E-state index < -0.39 is 5.60 Å². The van der Waals surface area contributed by atoms with Gasteiger partial charge < -0.3 is 5.11 Å². The fourth-order valence-corrected chi connectivity index (χ4v) is 1.46. The Hall–Kier alpha value is -0.940. The van der Waals surface area contributed by atoms with E-state index in [1.54, 1.807) is 18.5 Å². The van der Waals surface area contributed by atoms with Gasteiger partial charge >= 0.3 is 0 Å². The van der Waals surface area contributed by atoms with Gasteiger partial charge in [0.2, 0.25) is 0 Å². The molecule has 0 aliphatic heterocycles. The van der Waals surface area contributed by atoms with Crippen molar-refractivity contribution in [3.05, 3.63) is 11.9 Å². The van der Waals surface area contributed by atoms with Gasteiger partial charge in [-0.15, -0.1) is 5.10 Å². The van der Waals surface area contributed by atoms with Crippen molar-refractivity contribution in [1.29, 1.82) is 0 Å². The second-order valence-electron chi connectivity index (χ2n) is 4.37. The van der Waals surface area contributed by atoms with E-state index in [9.17, 15) is 5.11 Å². The second kappa shape index (κ2) is 4.06. The number of aryl methyl sites for hydroxylation is 1. The Balaban J connectivity index is 2.45. The number of likely N-dealkylation sites (N-methyl/N-ethyl adjacent to an activating group) is 1. The van der Waals surface area contributed by atoms with E-state index >= 15 is 0 Å². The van der Waals surface area contributed by atoms with Crippen LogP contribution in [0, 0.1) is 0 Å². The number of hydrogen-bond acceptors (Lipinski definition) is 4. The maximum absolute atomic E-state index is 9.59. The summed E-state index contributed by atoms with van der Waals surface area (Å²) >= 11 is 0. The van der Waals surface area contributed by atoms with E-state index in [1.807, 2.05) is 25.2 Å². The highest BCUT2D eigenvalue weighted by Gasteiger charge is 2.16. The van der Waals surface area contributed by atoms with Crippen LogP contribution in [0.25, 0.3) is 0 Å². The molecule has 1 N–H and O–H groups in total. The van der Waals surface area contributed by atoms with E-state index in [4.69, 9.17) is 0 Å². The first-order valence-corrected chi connectivity index (χ1v) is 4.63. The van der Waals surface area contributed by atoms with Crippen molar-refractivity contribution in [2.24, 2.45) is 7.05 Å². The van der Waals surface area contributed by atoms with Crippen molar-refractivity contribution in [2.75, 3.05) is 13.6 Å². The first-order valence-electron chi connectivity index (χ1n) is 4.63. The number of rotatable bonds is 4. The minimum absolute atomic E-state index is 0.615. The van der Waals surface area contributed by atoms with E-state index in [0.717, 1.165) is 5.69 Å². The van der Waals surface area contributed by atoms with E-state index in [2.05, 4.69) is 10.3 Å². The fourth-order valence-electron chi connectivity index (χ4n) is 1.46. The van der Waals surface area contributed by atoms with Gasteiger partial charge in [-0.05, 0) is 20.9 Å². The first kappa shape index (κ1) is 11.1. The maximum Gasteiger partial charge on any atom is 0.0966 e. The van der Waals surface area contributed by atoms with Crippen molar-refractivity contribution in [2.45, 2.75) is 26.0 Å². The lowest BCUT2D eigenvalue weighted by Crippen LogP contribution is -2.35. The summed E-state index contributed by atoms with van der Waals surface area (Å²) in [5.74, 6) is 0. The van der Waals surface area contributed by atoms with Crippen LogP contribution in [0.3, 0.4) is 0 Å². The summed E-state index contributed by atoms with van der Waals surface area (Å²) in [6.07, 6.45) is 1.88. The molecule has 1 heterocycles. The van der Waals surface area contributed by atoms with Crippen LogP contribution in [0.1, 0.15) is 19.5 Å². The summed E-state index contributed by atoms with van der Waals surface area (Å²) in [6, 6.07) is 0. The fraction of sp³-hybridized carbons (Fsp3) is 0.778. The van der Waals surface area contributed by atoms with Gasteiger partial charge in [-0.1, -0.05) is 5.21 Å². The number of hydrogen-bond donors (Lipinski definition) is 1. The standard InChI is InChI=1S/C9H18N4O/c1-9(2,14)7-12(3)5-8-6-13(4)11-10-8/h6,14H,5,7H2,1-4H3. The lowest BCUT2D eigenvalue weighted by atomic mass is 10.1. The maximum atomic E-state index is 9.59. The van der Waals surface area contributed by atoms with Crippen molar-refractivity contribution in [3.63, 3.8) is 0 Å². The molecule has 1 aromatic rings. The largest absolute Gasteiger partial charge is 0.389 e. The monoisotopic (exact) mass is 198 g/mol. The summed E-state index contributed by atoms with van der Waals surface area (Å²) in [5.41, 5.74) is 0.246. The first-order chi connectivity index (χ1) is 6.37. The predicted molar refractivity (Wildman–Crippen MR) is 53.6 cm³/mol. The Bertz CT molecular complexity index is 289. The quantitative estimate of drug-likeness (QED) is 0.741. The van der Waals surface area contributed by atoms with Crippen molar-refractivity contribution in [1.82, 2.24) is 19.9 Å². The predicted octanol–water partition coefficient (Wildman–Crippen LogP) is 0.0178. The average molecular weight is 198 g/mol. The van der Waals surface area contributed by atoms with Crippen LogP contribution in [0.2, 0.25) is 0 Å². The minimum atomic E-state index is -0.670. The molecular weight excluding hydrogens is 180 g/mol. The molecule has 0 bridgehead atoms. The zero-order chi connectivity index (χ0) is 10.8. The van der Waals surface area contributed by atoms with Crippen LogP contribution in [-0.4, -0.2) is 44.2 Å². The van der Waals surface area contributed by atoms with Crippen LogP contribution in [0.4, 0.5) is 0 Å². The summed E-state index contributed by atoms with van der Waals surface area (Å²) in [7, 11) is 3.79. The zero-order valence-electron chi connectivity index (χ0n) is 9.23. The molecule has 0 radical (unpaired) electrons. The second-order valence-corrected chi connectivity index (χ2v) is 4.37. The molecule has 80 valence electrons. The van der Waals surface area contributed by atoms with Gasteiger partial charge in [-0.2, -0.15) is 0 Å². The molecule has 5 nitrogen and oxygen atoms in total. The highest BCUT2D eigenvalue weighted by Crippen LogP contribution is 2.05. The van der Waals surface area contributed by atoms with E-state index in [1.165, 1.54) is 0 Å². The molecule has 0 saturated heterocycles. The van der Waals surface area contributed by atoms with E-state index in [-0.39, 0.29) is 0 Å². The zero-order valence-corrected chi connectivity index (χ0v) is 9.23. The molecule has 0 spiro atoms. The smallest absolute Gasteiger partial charge is 0.0966 e. The van der Waals surface area contributed by atoms with Gasteiger partial charge in [0, 0.05) is 26.3 Å². The van der Waals surface area contributed by atoms with Crippen molar-refractivity contribution in [3.8, 4) is 0 Å². The van der Waals surface area contributed by atoms with Gasteiger partial charge in [-0.25, -0.2) is 0 Å². The number of aliphatic hydroxyl groups is 1. The van der Waals surface area contributed by atoms with Gasteiger partial charge in [0.15, 0.2) is 0 Å². The highest BCUT2D eigenvalue weighted by atomic mass is 16.3. The molecule has 1 aromatic heterocycles. The van der Waals surface area contributed by atoms with Crippen molar-refractivity contribution >= 4 is 0 Å². The third-order valence-electron chi connectivity index (χ3n) is 1.74. The van der Waals surface area contributed by atoms with Crippen LogP contribution in [-0.2, 0) is 13.6 Å². The number of aromatic nitrogens is 3. The Labute approximate surface area is 84.3 Å². The number of nitrogens with zero attached hydrogens (tertiary/aromatic N) is 4. The van der Waals surface area contributed by atoms with Crippen LogP contribution < -0.4 is 0 Å². The van der Waals surface area contributed by atoms with Crippen LogP contribution >= 0.6 is 0 Å². The average Bonchev–Trinajstić information content (AvgIpc) is 2.30. The third kappa shape index (κ3) is 3.85. The molecule has 0 aromatic carbocycles. The van der Waals surface area contributed by atoms with Gasteiger partial charge in [0.05, 0.1) is 11.3 Å². The molecule has 1 rings (SSSR count). The molecule has 0 amide bonds. The molecule has 0 unspecified atom stereocenters. The Morgan fingerprint density at radius 2 is 2.21 bits per heavy atom. The normalized spacial score (nSPS) is 12.4. The van der Waals surface area contributed by atoms with Gasteiger partial charge in [0.25, 0.3) is 0 Å². The Kier molecular flexibility index (Phi) is 3.23. The Morgan fingerprint density at radius 3 is 2.64 bits per heavy atom. The topological polar surface area (TPSA) is 54.2 Å². The summed E-state index contributed by atoms with van der Waals surface area (Å²) in [5, 5.41) is 17.4. The third-order valence-corrected chi connectivity index (χ3v) is 1.74. The van der Waals surface area contributed by atoms with Crippen molar-refractivity contribution < 1.29 is 5.11 Å². The highest BCUT2D eigenvalue weighted by molar-refractivity contribution is 4.91. The Morgan fingerprint density at radius 1 is 1.57 bits per heavy atom. The molecule has 0 atom stereocenters. The summed E-state index contributed by atoms with van der Waals surface area (Å²) in [4.78, 5) is 2.02. The molecule has 5 heteroatoms. The molecule has 0 fully saturated rings. The molecular formula is C9H18N4O.